The molecule has 106 valence electrons. The van der Waals surface area contributed by atoms with E-state index in [4.69, 9.17) is 14.2 Å². The lowest BCUT2D eigenvalue weighted by Crippen LogP contribution is -2.62. The molecule has 6 heteroatoms. The van der Waals surface area contributed by atoms with Gasteiger partial charge in [-0.2, -0.15) is 0 Å². The highest BCUT2D eigenvalue weighted by Gasteiger charge is 2.62. The van der Waals surface area contributed by atoms with E-state index in [0.29, 0.717) is 6.42 Å². The number of carbonyl (C=O) groups excluding carboxylic acids is 2. The molecule has 1 saturated carbocycles. The van der Waals surface area contributed by atoms with Crippen LogP contribution in [0.15, 0.2) is 10.1 Å². The SMILES string of the molecule is COC(=O)[C@H]1C[C@H]2C(Br)=C(C)[C@H]1C(=O)C2(OC)OC. The summed E-state index contributed by atoms with van der Waals surface area (Å²) >= 11 is 3.51. The van der Waals surface area contributed by atoms with Gasteiger partial charge >= 0.3 is 5.97 Å². The molecular weight excluding hydrogens is 316 g/mol. The van der Waals surface area contributed by atoms with Crippen molar-refractivity contribution < 1.29 is 23.8 Å². The molecule has 0 aromatic rings. The molecule has 0 N–H and O–H groups in total. The van der Waals surface area contributed by atoms with Crippen LogP contribution >= 0.6 is 15.9 Å². The molecule has 3 rings (SSSR count). The zero-order valence-corrected chi connectivity index (χ0v) is 12.9. The Morgan fingerprint density at radius 3 is 2.37 bits per heavy atom. The lowest BCUT2D eigenvalue weighted by molar-refractivity contribution is -0.241. The monoisotopic (exact) mass is 332 g/mol. The van der Waals surface area contributed by atoms with E-state index in [1.807, 2.05) is 6.92 Å². The first-order valence-electron chi connectivity index (χ1n) is 6.03. The summed E-state index contributed by atoms with van der Waals surface area (Å²) in [6.45, 7) is 1.85. The van der Waals surface area contributed by atoms with Crippen molar-refractivity contribution in [1.82, 2.24) is 0 Å². The molecule has 0 saturated heterocycles. The van der Waals surface area contributed by atoms with Crippen molar-refractivity contribution in [2.24, 2.45) is 17.8 Å². The third kappa shape index (κ3) is 1.80. The van der Waals surface area contributed by atoms with E-state index in [-0.39, 0.29) is 17.7 Å². The van der Waals surface area contributed by atoms with E-state index in [0.717, 1.165) is 10.1 Å². The Kier molecular flexibility index (Phi) is 3.86. The van der Waals surface area contributed by atoms with Crippen LogP contribution in [0.1, 0.15) is 13.3 Å². The van der Waals surface area contributed by atoms with E-state index in [1.165, 1.54) is 21.3 Å². The molecule has 3 atom stereocenters. The highest BCUT2D eigenvalue weighted by molar-refractivity contribution is 9.11. The van der Waals surface area contributed by atoms with Crippen LogP contribution in [0.4, 0.5) is 0 Å². The normalized spacial score (nSPS) is 32.7. The van der Waals surface area contributed by atoms with Crippen molar-refractivity contribution in [1.29, 1.82) is 0 Å². The number of Topliss-reactive ketones (excluding diaryl/α,β-unsaturated/α-hetero) is 1. The van der Waals surface area contributed by atoms with Gasteiger partial charge in [-0.05, 0) is 13.3 Å². The zero-order valence-electron chi connectivity index (χ0n) is 11.4. The van der Waals surface area contributed by atoms with Crippen molar-refractivity contribution >= 4 is 27.7 Å². The fourth-order valence-electron chi connectivity index (χ4n) is 3.26. The Labute approximate surface area is 120 Å². The lowest BCUT2D eigenvalue weighted by Gasteiger charge is -2.50. The van der Waals surface area contributed by atoms with Gasteiger partial charge in [0.1, 0.15) is 0 Å². The highest BCUT2D eigenvalue weighted by Crippen LogP contribution is 2.54. The van der Waals surface area contributed by atoms with Crippen LogP contribution < -0.4 is 0 Å². The van der Waals surface area contributed by atoms with Crippen molar-refractivity contribution in [3.8, 4) is 0 Å². The van der Waals surface area contributed by atoms with Gasteiger partial charge in [-0.15, -0.1) is 0 Å². The van der Waals surface area contributed by atoms with Crippen LogP contribution in [0.3, 0.4) is 0 Å². The summed E-state index contributed by atoms with van der Waals surface area (Å²) in [4.78, 5) is 24.5. The Balaban J connectivity index is 2.52. The molecule has 0 aliphatic heterocycles. The van der Waals surface area contributed by atoms with Crippen LogP contribution in [0.5, 0.6) is 0 Å². The van der Waals surface area contributed by atoms with Gasteiger partial charge < -0.3 is 14.2 Å². The van der Waals surface area contributed by atoms with Crippen LogP contribution in [-0.2, 0) is 23.8 Å². The number of fused-ring (bicyclic) bond motifs is 2. The number of halogens is 1. The maximum atomic E-state index is 12.6. The fourth-order valence-corrected chi connectivity index (χ4v) is 4.00. The number of methoxy groups -OCH3 is 3. The minimum atomic E-state index is -1.30. The molecule has 0 aromatic heterocycles. The maximum absolute atomic E-state index is 12.6. The number of esters is 1. The summed E-state index contributed by atoms with van der Waals surface area (Å²) in [6, 6.07) is 0. The average molecular weight is 333 g/mol. The van der Waals surface area contributed by atoms with Gasteiger partial charge in [0.2, 0.25) is 11.6 Å². The number of ether oxygens (including phenoxy) is 3. The second kappa shape index (κ2) is 5.00. The Morgan fingerprint density at radius 2 is 1.89 bits per heavy atom. The van der Waals surface area contributed by atoms with Gasteiger partial charge in [0.15, 0.2) is 0 Å². The molecular formula is C13H17BrO5. The third-order valence-corrected chi connectivity index (χ3v) is 5.41. The molecule has 0 unspecified atom stereocenters. The first kappa shape index (κ1) is 14.7. The summed E-state index contributed by atoms with van der Waals surface area (Å²) in [6.07, 6.45) is 0.475. The van der Waals surface area contributed by atoms with Crippen molar-refractivity contribution in [3.05, 3.63) is 10.1 Å². The number of carbonyl (C=O) groups is 2. The van der Waals surface area contributed by atoms with Crippen LogP contribution in [0, 0.1) is 17.8 Å². The molecule has 5 nitrogen and oxygen atoms in total. The number of rotatable bonds is 3. The van der Waals surface area contributed by atoms with E-state index in [9.17, 15) is 9.59 Å². The van der Waals surface area contributed by atoms with E-state index in [1.54, 1.807) is 0 Å². The second-order valence-electron chi connectivity index (χ2n) is 4.87. The molecule has 1 fully saturated rings. The van der Waals surface area contributed by atoms with E-state index >= 15 is 0 Å². The molecule has 19 heavy (non-hydrogen) atoms. The van der Waals surface area contributed by atoms with Gasteiger partial charge in [0.05, 0.1) is 24.9 Å². The van der Waals surface area contributed by atoms with Gasteiger partial charge in [0.25, 0.3) is 0 Å². The maximum Gasteiger partial charge on any atom is 0.309 e. The van der Waals surface area contributed by atoms with Crippen molar-refractivity contribution in [3.63, 3.8) is 0 Å². The smallest absolute Gasteiger partial charge is 0.309 e. The predicted molar refractivity (Wildman–Crippen MR) is 70.5 cm³/mol. The molecule has 2 bridgehead atoms. The first-order chi connectivity index (χ1) is 8.94. The first-order valence-corrected chi connectivity index (χ1v) is 6.82. The Hall–Kier alpha value is -0.720. The zero-order chi connectivity index (χ0) is 14.4. The summed E-state index contributed by atoms with van der Waals surface area (Å²) in [7, 11) is 4.23. The van der Waals surface area contributed by atoms with Gasteiger partial charge in [0, 0.05) is 18.7 Å². The summed E-state index contributed by atoms with van der Waals surface area (Å²) in [5, 5.41) is 0. The lowest BCUT2D eigenvalue weighted by atomic mass is 9.61. The summed E-state index contributed by atoms with van der Waals surface area (Å²) in [5.74, 6) is -3.18. The topological polar surface area (TPSA) is 61.8 Å². The van der Waals surface area contributed by atoms with Crippen molar-refractivity contribution in [2.45, 2.75) is 19.1 Å². The van der Waals surface area contributed by atoms with Crippen LogP contribution in [0.25, 0.3) is 0 Å². The number of hydrogen-bond donors (Lipinski definition) is 0. The van der Waals surface area contributed by atoms with Gasteiger partial charge in [-0.1, -0.05) is 21.5 Å². The molecule has 0 spiro atoms. The average Bonchev–Trinajstić information content (AvgIpc) is 2.43. The quantitative estimate of drug-likeness (QED) is 0.581. The largest absolute Gasteiger partial charge is 0.469 e. The van der Waals surface area contributed by atoms with Gasteiger partial charge in [-0.25, -0.2) is 0 Å². The Bertz CT molecular complexity index is 452. The van der Waals surface area contributed by atoms with E-state index < -0.39 is 17.6 Å². The second-order valence-corrected chi connectivity index (χ2v) is 5.72. The van der Waals surface area contributed by atoms with Crippen molar-refractivity contribution in [2.75, 3.05) is 21.3 Å². The Morgan fingerprint density at radius 1 is 1.32 bits per heavy atom. The van der Waals surface area contributed by atoms with Gasteiger partial charge in [-0.3, -0.25) is 9.59 Å². The molecule has 0 amide bonds. The minimum Gasteiger partial charge on any atom is -0.469 e. The number of hydrogen-bond acceptors (Lipinski definition) is 5. The molecule has 3 aliphatic carbocycles. The van der Waals surface area contributed by atoms with Crippen LogP contribution in [0.2, 0.25) is 0 Å². The standard InChI is InChI=1S/C13H17BrO5/c1-6-9-7(12(16)17-2)5-8(10(6)14)13(18-3,19-4)11(9)15/h7-9H,5H2,1-4H3/t7-,8-,9+/m0/s1. The third-order valence-electron chi connectivity index (χ3n) is 4.24. The molecule has 0 radical (unpaired) electrons. The van der Waals surface area contributed by atoms with Crippen LogP contribution in [-0.4, -0.2) is 38.9 Å². The highest BCUT2D eigenvalue weighted by atomic mass is 79.9. The number of ketones is 1. The molecule has 3 aliphatic rings. The van der Waals surface area contributed by atoms with E-state index in [2.05, 4.69) is 15.9 Å². The predicted octanol–water partition coefficient (Wildman–Crippen LogP) is 1.65. The summed E-state index contributed by atoms with van der Waals surface area (Å²) in [5.41, 5.74) is 0.862. The minimum absolute atomic E-state index is 0.204. The molecule has 0 heterocycles. The fraction of sp³-hybridized carbons (Fsp3) is 0.692. The molecule has 0 aromatic carbocycles. The number of allylic oxidation sites excluding steroid dienone is 1. The summed E-state index contributed by atoms with van der Waals surface area (Å²) < 4.78 is 16.4.